The highest BCUT2D eigenvalue weighted by Crippen LogP contribution is 2.40. The normalized spacial score (nSPS) is 20.2. The second-order valence-corrected chi connectivity index (χ2v) is 4.91. The van der Waals surface area contributed by atoms with Crippen molar-refractivity contribution in [2.75, 3.05) is 0 Å². The predicted octanol–water partition coefficient (Wildman–Crippen LogP) is 2.30. The third kappa shape index (κ3) is 2.59. The zero-order chi connectivity index (χ0) is 10.9. The first kappa shape index (κ1) is 10.7. The van der Waals surface area contributed by atoms with Crippen molar-refractivity contribution in [3.63, 3.8) is 0 Å². The fraction of sp³-hybridized carbons (Fsp3) is 0.750. The molecule has 1 fully saturated rings. The van der Waals surface area contributed by atoms with Crippen LogP contribution in [0.25, 0.3) is 0 Å². The molecule has 1 saturated carbocycles. The average Bonchev–Trinajstić information content (AvgIpc) is 2.82. The number of aryl methyl sites for hydroxylation is 1. The van der Waals surface area contributed by atoms with Gasteiger partial charge in [-0.15, -0.1) is 0 Å². The lowest BCUT2D eigenvalue weighted by Crippen LogP contribution is -2.21. The largest absolute Gasteiger partial charge is 0.385 e. The summed E-state index contributed by atoms with van der Waals surface area (Å²) in [5.41, 5.74) is 0.274. The Kier molecular flexibility index (Phi) is 2.83. The minimum atomic E-state index is -0.687. The summed E-state index contributed by atoms with van der Waals surface area (Å²) in [4.78, 5) is 0. The number of aromatic nitrogens is 2. The number of nitrogens with zero attached hydrogens (tertiary/aromatic N) is 2. The van der Waals surface area contributed by atoms with Gasteiger partial charge in [-0.1, -0.05) is 19.8 Å². The van der Waals surface area contributed by atoms with Gasteiger partial charge in [-0.2, -0.15) is 5.10 Å². The van der Waals surface area contributed by atoms with Crippen LogP contribution in [-0.2, 0) is 12.1 Å². The minimum Gasteiger partial charge on any atom is -0.385 e. The van der Waals surface area contributed by atoms with Gasteiger partial charge < -0.3 is 5.11 Å². The van der Waals surface area contributed by atoms with E-state index >= 15 is 0 Å². The average molecular weight is 208 g/mol. The van der Waals surface area contributed by atoms with E-state index in [0.29, 0.717) is 0 Å². The lowest BCUT2D eigenvalue weighted by molar-refractivity contribution is 0.0416. The Morgan fingerprint density at radius 1 is 1.60 bits per heavy atom. The first-order chi connectivity index (χ1) is 7.12. The van der Waals surface area contributed by atoms with E-state index in [9.17, 15) is 5.11 Å². The van der Waals surface area contributed by atoms with Crippen LogP contribution in [0.15, 0.2) is 12.4 Å². The van der Waals surface area contributed by atoms with Crippen LogP contribution in [0.2, 0.25) is 0 Å². The molecule has 2 rings (SSSR count). The van der Waals surface area contributed by atoms with Gasteiger partial charge in [0.1, 0.15) is 0 Å². The van der Waals surface area contributed by atoms with Gasteiger partial charge in [0, 0.05) is 18.3 Å². The Hall–Kier alpha value is -0.830. The first-order valence-corrected chi connectivity index (χ1v) is 5.87. The molecule has 3 nitrogen and oxygen atoms in total. The predicted molar refractivity (Wildman–Crippen MR) is 59.4 cm³/mol. The molecule has 84 valence electrons. The summed E-state index contributed by atoms with van der Waals surface area (Å²) in [6, 6.07) is 0. The standard InChI is InChI=1S/C12H20N2O/c1-3-6-14-9-11(8-13-14)12(2,15)7-10-4-5-10/h8-10,15H,3-7H2,1-2H3. The maximum atomic E-state index is 10.3. The van der Waals surface area contributed by atoms with Crippen molar-refractivity contribution >= 4 is 0 Å². The van der Waals surface area contributed by atoms with Crippen LogP contribution >= 0.6 is 0 Å². The monoisotopic (exact) mass is 208 g/mol. The number of aliphatic hydroxyl groups is 1. The lowest BCUT2D eigenvalue weighted by atomic mass is 9.93. The van der Waals surface area contributed by atoms with Crippen molar-refractivity contribution in [3.8, 4) is 0 Å². The number of hydrogen-bond acceptors (Lipinski definition) is 2. The molecular weight excluding hydrogens is 188 g/mol. The Morgan fingerprint density at radius 2 is 2.33 bits per heavy atom. The van der Waals surface area contributed by atoms with Gasteiger partial charge in [0.25, 0.3) is 0 Å². The molecule has 1 aromatic rings. The third-order valence-corrected chi connectivity index (χ3v) is 3.09. The van der Waals surface area contributed by atoms with Gasteiger partial charge in [0.05, 0.1) is 11.8 Å². The zero-order valence-corrected chi connectivity index (χ0v) is 9.61. The highest BCUT2D eigenvalue weighted by Gasteiger charge is 2.33. The van der Waals surface area contributed by atoms with Crippen molar-refractivity contribution in [2.45, 2.75) is 51.7 Å². The van der Waals surface area contributed by atoms with Gasteiger partial charge >= 0.3 is 0 Å². The summed E-state index contributed by atoms with van der Waals surface area (Å²) in [6.45, 7) is 4.96. The molecule has 1 atom stereocenters. The highest BCUT2D eigenvalue weighted by atomic mass is 16.3. The van der Waals surface area contributed by atoms with E-state index in [1.54, 1.807) is 6.20 Å². The maximum absolute atomic E-state index is 10.3. The van der Waals surface area contributed by atoms with E-state index in [4.69, 9.17) is 0 Å². The summed E-state index contributed by atoms with van der Waals surface area (Å²) in [5, 5.41) is 14.6. The van der Waals surface area contributed by atoms with Crippen molar-refractivity contribution in [1.82, 2.24) is 9.78 Å². The van der Waals surface area contributed by atoms with Gasteiger partial charge in [0.15, 0.2) is 0 Å². The Bertz CT molecular complexity index is 326. The van der Waals surface area contributed by atoms with Crippen molar-refractivity contribution < 1.29 is 5.11 Å². The molecule has 0 spiro atoms. The van der Waals surface area contributed by atoms with Crippen LogP contribution in [0.1, 0.15) is 45.1 Å². The van der Waals surface area contributed by atoms with Crippen molar-refractivity contribution in [3.05, 3.63) is 18.0 Å². The fourth-order valence-corrected chi connectivity index (χ4v) is 2.00. The van der Waals surface area contributed by atoms with E-state index in [0.717, 1.165) is 30.9 Å². The van der Waals surface area contributed by atoms with Gasteiger partial charge in [0.2, 0.25) is 0 Å². The van der Waals surface area contributed by atoms with Gasteiger partial charge in [-0.25, -0.2) is 0 Å². The summed E-state index contributed by atoms with van der Waals surface area (Å²) in [6.07, 6.45) is 8.29. The molecule has 0 radical (unpaired) electrons. The molecule has 0 aliphatic heterocycles. The zero-order valence-electron chi connectivity index (χ0n) is 9.61. The summed E-state index contributed by atoms with van der Waals surface area (Å²) >= 11 is 0. The summed E-state index contributed by atoms with van der Waals surface area (Å²) < 4.78 is 1.91. The van der Waals surface area contributed by atoms with Gasteiger partial charge in [-0.3, -0.25) is 4.68 Å². The topological polar surface area (TPSA) is 38.0 Å². The molecule has 1 aromatic heterocycles. The molecule has 1 heterocycles. The quantitative estimate of drug-likeness (QED) is 0.806. The number of hydrogen-bond donors (Lipinski definition) is 1. The smallest absolute Gasteiger partial charge is 0.0901 e. The summed E-state index contributed by atoms with van der Waals surface area (Å²) in [5.74, 6) is 0.731. The molecule has 1 N–H and O–H groups in total. The molecule has 3 heteroatoms. The second kappa shape index (κ2) is 3.97. The van der Waals surface area contributed by atoms with Crippen LogP contribution in [0.4, 0.5) is 0 Å². The Labute approximate surface area is 91.1 Å². The minimum absolute atomic E-state index is 0.687. The van der Waals surface area contributed by atoms with Crippen LogP contribution < -0.4 is 0 Å². The Balaban J connectivity index is 2.05. The molecule has 0 saturated heterocycles. The van der Waals surface area contributed by atoms with Crippen LogP contribution in [0.5, 0.6) is 0 Å². The maximum Gasteiger partial charge on any atom is 0.0901 e. The van der Waals surface area contributed by atoms with E-state index < -0.39 is 5.60 Å². The SMILES string of the molecule is CCCn1cc(C(C)(O)CC2CC2)cn1. The highest BCUT2D eigenvalue weighted by molar-refractivity contribution is 5.14. The molecule has 1 aliphatic carbocycles. The van der Waals surface area contributed by atoms with Crippen LogP contribution in [0.3, 0.4) is 0 Å². The molecule has 0 aromatic carbocycles. The Morgan fingerprint density at radius 3 is 2.93 bits per heavy atom. The van der Waals surface area contributed by atoms with Crippen molar-refractivity contribution in [2.24, 2.45) is 5.92 Å². The lowest BCUT2D eigenvalue weighted by Gasteiger charge is -2.21. The van der Waals surface area contributed by atoms with Crippen LogP contribution in [-0.4, -0.2) is 14.9 Å². The molecule has 0 bridgehead atoms. The molecule has 1 aliphatic rings. The van der Waals surface area contributed by atoms with Crippen LogP contribution in [0, 0.1) is 5.92 Å². The van der Waals surface area contributed by atoms with Crippen molar-refractivity contribution in [1.29, 1.82) is 0 Å². The van der Waals surface area contributed by atoms with E-state index in [2.05, 4.69) is 12.0 Å². The van der Waals surface area contributed by atoms with E-state index in [1.165, 1.54) is 12.8 Å². The van der Waals surface area contributed by atoms with E-state index in [1.807, 2.05) is 17.8 Å². The number of rotatable bonds is 5. The second-order valence-electron chi connectivity index (χ2n) is 4.91. The molecule has 15 heavy (non-hydrogen) atoms. The van der Waals surface area contributed by atoms with E-state index in [-0.39, 0.29) is 0 Å². The summed E-state index contributed by atoms with van der Waals surface area (Å²) in [7, 11) is 0. The van der Waals surface area contributed by atoms with Gasteiger partial charge in [-0.05, 0) is 25.7 Å². The first-order valence-electron chi connectivity index (χ1n) is 5.87. The fourth-order valence-electron chi connectivity index (χ4n) is 2.00. The third-order valence-electron chi connectivity index (χ3n) is 3.09. The molecular formula is C12H20N2O. The molecule has 0 amide bonds. The molecule has 1 unspecified atom stereocenters.